The second kappa shape index (κ2) is 8.00. The molecule has 0 atom stereocenters. The SMILES string of the molecule is Cc1cc(F)ccc1NC(=O)c1ccc(C(=O)Nc2ccc(F)cc2C)cc1. The standard InChI is InChI=1S/C22H18F2N2O2/c1-13-11-17(23)7-9-19(13)25-21(27)15-3-5-16(6-4-15)22(28)26-20-10-8-18(24)12-14(20)2/h3-12H,1-2H3,(H,25,27)(H,26,28). The lowest BCUT2D eigenvalue weighted by Crippen LogP contribution is -2.15. The molecule has 0 fully saturated rings. The molecule has 0 aliphatic carbocycles. The van der Waals surface area contributed by atoms with Gasteiger partial charge in [-0.25, -0.2) is 8.78 Å². The molecule has 0 heterocycles. The van der Waals surface area contributed by atoms with Gasteiger partial charge in [0.1, 0.15) is 11.6 Å². The van der Waals surface area contributed by atoms with E-state index >= 15 is 0 Å². The molecule has 0 aromatic heterocycles. The van der Waals surface area contributed by atoms with E-state index in [1.54, 1.807) is 13.8 Å². The predicted molar refractivity (Wildman–Crippen MR) is 105 cm³/mol. The first-order chi connectivity index (χ1) is 13.3. The summed E-state index contributed by atoms with van der Waals surface area (Å²) in [4.78, 5) is 24.7. The Bertz CT molecular complexity index is 962. The number of benzene rings is 3. The number of carbonyl (C=O) groups excluding carboxylic acids is 2. The predicted octanol–water partition coefficient (Wildman–Crippen LogP) is 5.09. The molecule has 0 aliphatic heterocycles. The van der Waals surface area contributed by atoms with Crippen molar-refractivity contribution < 1.29 is 18.4 Å². The Morgan fingerprint density at radius 3 is 1.32 bits per heavy atom. The van der Waals surface area contributed by atoms with Gasteiger partial charge >= 0.3 is 0 Å². The first-order valence-corrected chi connectivity index (χ1v) is 8.58. The van der Waals surface area contributed by atoms with Crippen molar-refractivity contribution in [3.63, 3.8) is 0 Å². The summed E-state index contributed by atoms with van der Waals surface area (Å²) in [5.41, 5.74) is 2.97. The normalized spacial score (nSPS) is 10.4. The fourth-order valence-electron chi connectivity index (χ4n) is 2.70. The van der Waals surface area contributed by atoms with E-state index in [1.165, 1.54) is 60.7 Å². The number of anilines is 2. The van der Waals surface area contributed by atoms with Crippen molar-refractivity contribution in [1.82, 2.24) is 0 Å². The molecule has 28 heavy (non-hydrogen) atoms. The third-order valence-corrected chi connectivity index (χ3v) is 4.28. The minimum absolute atomic E-state index is 0.359. The second-order valence-electron chi connectivity index (χ2n) is 6.40. The largest absolute Gasteiger partial charge is 0.322 e. The first kappa shape index (κ1) is 19.2. The van der Waals surface area contributed by atoms with Crippen LogP contribution in [-0.2, 0) is 0 Å². The molecular weight excluding hydrogens is 362 g/mol. The molecule has 0 spiro atoms. The van der Waals surface area contributed by atoms with Gasteiger partial charge in [0.2, 0.25) is 0 Å². The van der Waals surface area contributed by atoms with Gasteiger partial charge in [-0.1, -0.05) is 0 Å². The maximum absolute atomic E-state index is 13.2. The van der Waals surface area contributed by atoms with Gasteiger partial charge in [0.15, 0.2) is 0 Å². The van der Waals surface area contributed by atoms with E-state index in [-0.39, 0.29) is 23.4 Å². The maximum atomic E-state index is 13.2. The Labute approximate surface area is 161 Å². The Morgan fingerprint density at radius 2 is 1.00 bits per heavy atom. The van der Waals surface area contributed by atoms with Crippen molar-refractivity contribution in [2.45, 2.75) is 13.8 Å². The minimum atomic E-state index is -0.373. The number of nitrogens with one attached hydrogen (secondary N) is 2. The zero-order chi connectivity index (χ0) is 20.3. The second-order valence-corrected chi connectivity index (χ2v) is 6.40. The van der Waals surface area contributed by atoms with Crippen molar-refractivity contribution in [3.05, 3.63) is 94.6 Å². The zero-order valence-corrected chi connectivity index (χ0v) is 15.3. The summed E-state index contributed by atoms with van der Waals surface area (Å²) in [6.07, 6.45) is 0. The van der Waals surface area contributed by atoms with E-state index in [0.29, 0.717) is 33.6 Å². The molecule has 0 radical (unpaired) electrons. The van der Waals surface area contributed by atoms with E-state index in [9.17, 15) is 18.4 Å². The zero-order valence-electron chi connectivity index (χ0n) is 15.3. The Balaban J connectivity index is 1.70. The highest BCUT2D eigenvalue weighted by Crippen LogP contribution is 2.19. The summed E-state index contributed by atoms with van der Waals surface area (Å²) in [6.45, 7) is 3.40. The van der Waals surface area contributed by atoms with Crippen LogP contribution in [0.2, 0.25) is 0 Å². The molecule has 0 aliphatic rings. The molecule has 0 bridgehead atoms. The van der Waals surface area contributed by atoms with Crippen LogP contribution in [0, 0.1) is 25.5 Å². The van der Waals surface area contributed by atoms with Crippen LogP contribution < -0.4 is 10.6 Å². The fourth-order valence-corrected chi connectivity index (χ4v) is 2.70. The highest BCUT2D eigenvalue weighted by molar-refractivity contribution is 6.07. The number of halogens is 2. The Hall–Kier alpha value is -3.54. The van der Waals surface area contributed by atoms with Crippen LogP contribution in [0.15, 0.2) is 60.7 Å². The molecule has 3 rings (SSSR count). The van der Waals surface area contributed by atoms with Crippen molar-refractivity contribution >= 4 is 23.2 Å². The Kier molecular flexibility index (Phi) is 5.49. The maximum Gasteiger partial charge on any atom is 0.255 e. The summed E-state index contributed by atoms with van der Waals surface area (Å²) in [6, 6.07) is 14.3. The lowest BCUT2D eigenvalue weighted by Gasteiger charge is -2.10. The topological polar surface area (TPSA) is 58.2 Å². The number of hydrogen-bond donors (Lipinski definition) is 2. The van der Waals surface area contributed by atoms with Crippen LogP contribution in [-0.4, -0.2) is 11.8 Å². The van der Waals surface area contributed by atoms with E-state index in [4.69, 9.17) is 0 Å². The van der Waals surface area contributed by atoms with Gasteiger partial charge in [-0.2, -0.15) is 0 Å². The fraction of sp³-hybridized carbons (Fsp3) is 0.0909. The highest BCUT2D eigenvalue weighted by Gasteiger charge is 2.12. The smallest absolute Gasteiger partial charge is 0.255 e. The summed E-state index contributed by atoms with van der Waals surface area (Å²) < 4.78 is 26.3. The van der Waals surface area contributed by atoms with Gasteiger partial charge in [-0.3, -0.25) is 9.59 Å². The van der Waals surface area contributed by atoms with Gasteiger partial charge in [0.05, 0.1) is 0 Å². The number of amides is 2. The number of hydrogen-bond acceptors (Lipinski definition) is 2. The Morgan fingerprint density at radius 1 is 0.643 bits per heavy atom. The summed E-state index contributed by atoms with van der Waals surface area (Å²) in [7, 11) is 0. The van der Waals surface area contributed by atoms with Gasteiger partial charge in [-0.05, 0) is 85.6 Å². The third-order valence-electron chi connectivity index (χ3n) is 4.28. The van der Waals surface area contributed by atoms with Crippen LogP contribution in [0.25, 0.3) is 0 Å². The average molecular weight is 380 g/mol. The molecule has 4 nitrogen and oxygen atoms in total. The van der Waals surface area contributed by atoms with Gasteiger partial charge in [0, 0.05) is 22.5 Å². The molecule has 3 aromatic rings. The van der Waals surface area contributed by atoms with E-state index in [2.05, 4.69) is 10.6 Å². The number of aryl methyl sites for hydroxylation is 2. The van der Waals surface area contributed by atoms with E-state index in [0.717, 1.165) is 0 Å². The number of rotatable bonds is 4. The average Bonchev–Trinajstić information content (AvgIpc) is 2.66. The van der Waals surface area contributed by atoms with Crippen LogP contribution in [0.4, 0.5) is 20.2 Å². The molecular formula is C22H18F2N2O2. The number of carbonyl (C=O) groups is 2. The van der Waals surface area contributed by atoms with Crippen molar-refractivity contribution in [2.75, 3.05) is 10.6 Å². The molecule has 0 unspecified atom stereocenters. The molecule has 0 saturated heterocycles. The van der Waals surface area contributed by atoms with Crippen LogP contribution in [0.3, 0.4) is 0 Å². The summed E-state index contributed by atoms with van der Waals surface area (Å²) >= 11 is 0. The van der Waals surface area contributed by atoms with Gasteiger partial charge < -0.3 is 10.6 Å². The monoisotopic (exact) mass is 380 g/mol. The highest BCUT2D eigenvalue weighted by atomic mass is 19.1. The molecule has 2 N–H and O–H groups in total. The lowest BCUT2D eigenvalue weighted by molar-refractivity contribution is 0.101. The summed E-state index contributed by atoms with van der Waals surface area (Å²) in [5, 5.41) is 5.43. The van der Waals surface area contributed by atoms with E-state index < -0.39 is 0 Å². The molecule has 6 heteroatoms. The molecule has 2 amide bonds. The van der Waals surface area contributed by atoms with Gasteiger partial charge in [0.25, 0.3) is 11.8 Å². The lowest BCUT2D eigenvalue weighted by atomic mass is 10.1. The van der Waals surface area contributed by atoms with Crippen LogP contribution in [0.1, 0.15) is 31.8 Å². The van der Waals surface area contributed by atoms with Crippen molar-refractivity contribution in [3.8, 4) is 0 Å². The van der Waals surface area contributed by atoms with Crippen LogP contribution >= 0.6 is 0 Å². The quantitative estimate of drug-likeness (QED) is 0.663. The minimum Gasteiger partial charge on any atom is -0.322 e. The third kappa shape index (κ3) is 4.40. The first-order valence-electron chi connectivity index (χ1n) is 8.58. The molecule has 142 valence electrons. The molecule has 3 aromatic carbocycles. The van der Waals surface area contributed by atoms with Crippen LogP contribution in [0.5, 0.6) is 0 Å². The summed E-state index contributed by atoms with van der Waals surface area (Å²) in [5.74, 6) is -1.48. The van der Waals surface area contributed by atoms with E-state index in [1.807, 2.05) is 0 Å². The molecule has 0 saturated carbocycles. The van der Waals surface area contributed by atoms with Crippen molar-refractivity contribution in [1.29, 1.82) is 0 Å². The van der Waals surface area contributed by atoms with Crippen molar-refractivity contribution in [2.24, 2.45) is 0 Å². The van der Waals surface area contributed by atoms with Gasteiger partial charge in [-0.15, -0.1) is 0 Å².